The number of esters is 2. The van der Waals surface area contributed by atoms with Gasteiger partial charge in [0.15, 0.2) is 12.4 Å². The molecule has 0 spiro atoms. The Morgan fingerprint density at radius 3 is 0.835 bits per heavy atom. The normalized spacial score (nSPS) is 13.4. The van der Waals surface area contributed by atoms with E-state index in [9.17, 15) is 19.5 Å². The summed E-state index contributed by atoms with van der Waals surface area (Å²) in [7, 11) is 5.92. The smallest absolute Gasteiger partial charge is 0.306 e. The van der Waals surface area contributed by atoms with Gasteiger partial charge in [-0.3, -0.25) is 9.59 Å². The molecule has 9 heteroatoms. The standard InChI is InChI=1S/C94H159NO8/c1-6-8-10-12-14-16-18-20-22-24-26-28-30-32-34-36-38-40-42-44-45-46-47-49-50-52-54-56-58-60-62-64-66-68-70-72-74-76-78-80-82-84-91(96)101-88-90(89-102-94(93(98)99)100-87-86-95(3,4)5)103-92(97)85-83-81-79-77-75-73-71-69-67-65-63-61-59-57-55-53-51-48-43-41-39-37-35-33-31-29-27-25-23-21-19-17-15-13-11-9-7-2/h9,11,15,17-18,20-21,23-24,26-27,29,33,35,39,41,48,51,55,57,61,63,67,69,73,75,90,94H,6-8,10,12-14,16,19,22,25,28,30-32,34,36-38,40,42-47,49-50,52-54,56,58-60,62,64-66,68,70-72,74,76-89H2,1-5H3/b11-9-,17-15-,20-18-,23-21-,26-24-,29-27-,35-33-,41-39-,51-48-,57-55-,63-61-,69-67-,75-73-. The summed E-state index contributed by atoms with van der Waals surface area (Å²) in [5.74, 6) is -2.33. The molecule has 0 N–H and O–H groups in total. The number of unbranched alkanes of at least 4 members (excludes halogenated alkanes) is 37. The lowest BCUT2D eigenvalue weighted by Gasteiger charge is -2.26. The van der Waals surface area contributed by atoms with Crippen LogP contribution in [-0.2, 0) is 33.3 Å². The Balaban J connectivity index is 4.07. The summed E-state index contributed by atoms with van der Waals surface area (Å²) in [6, 6.07) is 0. The van der Waals surface area contributed by atoms with E-state index >= 15 is 0 Å². The number of carbonyl (C=O) groups is 3. The van der Waals surface area contributed by atoms with Gasteiger partial charge in [0.25, 0.3) is 0 Å². The second-order valence-electron chi connectivity index (χ2n) is 29.4. The number of likely N-dealkylation sites (N-methyl/N-ethyl adjacent to an activating group) is 1. The summed E-state index contributed by atoms with van der Waals surface area (Å²) in [6.07, 6.45) is 120. The molecule has 9 nitrogen and oxygen atoms in total. The van der Waals surface area contributed by atoms with Crippen LogP contribution in [0.2, 0.25) is 0 Å². The van der Waals surface area contributed by atoms with Crippen LogP contribution in [0.15, 0.2) is 158 Å². The third-order valence-electron chi connectivity index (χ3n) is 18.3. The van der Waals surface area contributed by atoms with Crippen LogP contribution in [0.1, 0.15) is 361 Å². The van der Waals surface area contributed by atoms with Crippen molar-refractivity contribution in [2.24, 2.45) is 0 Å². The summed E-state index contributed by atoms with van der Waals surface area (Å²) in [6.45, 7) is 4.60. The van der Waals surface area contributed by atoms with Crippen molar-refractivity contribution in [2.75, 3.05) is 47.5 Å². The van der Waals surface area contributed by atoms with Gasteiger partial charge in [-0.2, -0.15) is 0 Å². The zero-order chi connectivity index (χ0) is 74.6. The molecule has 0 rings (SSSR count). The van der Waals surface area contributed by atoms with Gasteiger partial charge in [0.1, 0.15) is 13.2 Å². The van der Waals surface area contributed by atoms with Crippen molar-refractivity contribution in [3.8, 4) is 0 Å². The van der Waals surface area contributed by atoms with Crippen LogP contribution >= 0.6 is 0 Å². The second-order valence-corrected chi connectivity index (χ2v) is 29.4. The molecule has 0 aromatic rings. The fourth-order valence-electron chi connectivity index (χ4n) is 11.8. The number of ether oxygens (including phenoxy) is 4. The first-order chi connectivity index (χ1) is 50.6. The molecule has 0 aliphatic carbocycles. The highest BCUT2D eigenvalue weighted by molar-refractivity contribution is 5.70. The predicted molar refractivity (Wildman–Crippen MR) is 444 cm³/mol. The molecule has 0 aromatic carbocycles. The number of hydrogen-bond acceptors (Lipinski definition) is 8. The third kappa shape index (κ3) is 84.1. The molecule has 588 valence electrons. The van der Waals surface area contributed by atoms with E-state index in [-0.39, 0.29) is 38.6 Å². The molecule has 0 heterocycles. The molecule has 0 bridgehead atoms. The van der Waals surface area contributed by atoms with E-state index in [1.54, 1.807) is 0 Å². The molecule has 0 aromatic heterocycles. The van der Waals surface area contributed by atoms with E-state index in [1.165, 1.54) is 212 Å². The van der Waals surface area contributed by atoms with Crippen LogP contribution < -0.4 is 5.11 Å². The van der Waals surface area contributed by atoms with Crippen LogP contribution in [0, 0.1) is 0 Å². The highest BCUT2D eigenvalue weighted by atomic mass is 16.7. The Hall–Kier alpha value is -5.09. The van der Waals surface area contributed by atoms with Gasteiger partial charge in [0.05, 0.1) is 40.3 Å². The fourth-order valence-corrected chi connectivity index (χ4v) is 11.8. The summed E-state index contributed by atoms with van der Waals surface area (Å²) in [5.41, 5.74) is 0. The van der Waals surface area contributed by atoms with Crippen molar-refractivity contribution in [3.63, 3.8) is 0 Å². The molecule has 0 fully saturated rings. The number of quaternary nitrogens is 1. The average molecular weight is 1430 g/mol. The second kappa shape index (κ2) is 82.6. The monoisotopic (exact) mass is 1430 g/mol. The van der Waals surface area contributed by atoms with E-state index in [4.69, 9.17) is 18.9 Å². The van der Waals surface area contributed by atoms with Gasteiger partial charge in [-0.25, -0.2) is 0 Å². The number of aliphatic carboxylic acids is 1. The Morgan fingerprint density at radius 1 is 0.301 bits per heavy atom. The number of rotatable bonds is 78. The maximum absolute atomic E-state index is 13.0. The first kappa shape index (κ1) is 97.9. The lowest BCUT2D eigenvalue weighted by molar-refractivity contribution is -0.870. The number of carboxylic acid groups (broad SMARTS) is 1. The van der Waals surface area contributed by atoms with Crippen molar-refractivity contribution in [1.82, 2.24) is 0 Å². The molecule has 103 heavy (non-hydrogen) atoms. The Kier molecular flexibility index (Phi) is 78.5. The average Bonchev–Trinajstić information content (AvgIpc) is 1.16. The molecule has 0 saturated carbocycles. The maximum Gasteiger partial charge on any atom is 0.306 e. The number of carbonyl (C=O) groups excluding carboxylic acids is 3. The highest BCUT2D eigenvalue weighted by Gasteiger charge is 2.22. The van der Waals surface area contributed by atoms with Crippen LogP contribution in [-0.4, -0.2) is 82.3 Å². The highest BCUT2D eigenvalue weighted by Crippen LogP contribution is 2.19. The van der Waals surface area contributed by atoms with Gasteiger partial charge in [-0.1, -0.05) is 377 Å². The van der Waals surface area contributed by atoms with E-state index in [0.29, 0.717) is 17.4 Å². The van der Waals surface area contributed by atoms with Crippen molar-refractivity contribution in [1.29, 1.82) is 0 Å². The largest absolute Gasteiger partial charge is 0.545 e. The minimum Gasteiger partial charge on any atom is -0.545 e. The molecule has 0 aliphatic heterocycles. The van der Waals surface area contributed by atoms with E-state index in [0.717, 1.165) is 116 Å². The number of carboxylic acids is 1. The topological polar surface area (TPSA) is 111 Å². The van der Waals surface area contributed by atoms with Crippen molar-refractivity contribution in [3.05, 3.63) is 158 Å². The first-order valence-corrected chi connectivity index (χ1v) is 42.6. The van der Waals surface area contributed by atoms with Crippen LogP contribution in [0.25, 0.3) is 0 Å². The molecule has 0 saturated heterocycles. The number of nitrogens with zero attached hydrogens (tertiary/aromatic N) is 1. The van der Waals surface area contributed by atoms with Crippen molar-refractivity contribution >= 4 is 17.9 Å². The molecule has 0 radical (unpaired) electrons. The summed E-state index contributed by atoms with van der Waals surface area (Å²) < 4.78 is 22.8. The molecular weight excluding hydrogens is 1270 g/mol. The van der Waals surface area contributed by atoms with Gasteiger partial charge >= 0.3 is 11.9 Å². The van der Waals surface area contributed by atoms with Gasteiger partial charge in [-0.05, 0) is 128 Å². The quantitative estimate of drug-likeness (QED) is 0.0195. The lowest BCUT2D eigenvalue weighted by Crippen LogP contribution is -2.44. The molecule has 0 aliphatic rings. The Bertz CT molecular complexity index is 2270. The minimum atomic E-state index is -1.64. The lowest BCUT2D eigenvalue weighted by atomic mass is 10.0. The van der Waals surface area contributed by atoms with Gasteiger partial charge in [0, 0.05) is 12.8 Å². The number of hydrogen-bond donors (Lipinski definition) is 0. The SMILES string of the molecule is CC/C=C\C/C=C\C/C=C\C/C=C\C/C=C\C/C=C\C/C=C\C/C=C\C/C=C\C/C=C\C/C=C\CCCCCC(=O)OC(COC(=O)CCCCCCCCCCCCCCCCCCCCCCCCCCCCCCC/C=C\C/C=C\CCCCCCC)COC(OCC[N+](C)(C)C)C(=O)[O-]. The summed E-state index contributed by atoms with van der Waals surface area (Å²) in [4.78, 5) is 37.6. The Labute approximate surface area is 635 Å². The molecule has 2 unspecified atom stereocenters. The third-order valence-corrected chi connectivity index (χ3v) is 18.3. The maximum atomic E-state index is 13.0. The minimum absolute atomic E-state index is 0.135. The molecular formula is C94H159NO8. The van der Waals surface area contributed by atoms with Crippen molar-refractivity contribution in [2.45, 2.75) is 373 Å². The zero-order valence-electron chi connectivity index (χ0n) is 67.4. The first-order valence-electron chi connectivity index (χ1n) is 42.6. The van der Waals surface area contributed by atoms with Gasteiger partial charge < -0.3 is 33.3 Å². The fraction of sp³-hybridized carbons (Fsp3) is 0.691. The van der Waals surface area contributed by atoms with E-state index in [2.05, 4.69) is 172 Å². The summed E-state index contributed by atoms with van der Waals surface area (Å²) >= 11 is 0. The number of allylic oxidation sites excluding steroid dienone is 26. The molecule has 2 atom stereocenters. The Morgan fingerprint density at radius 2 is 0.553 bits per heavy atom. The van der Waals surface area contributed by atoms with Crippen LogP contribution in [0.4, 0.5) is 0 Å². The zero-order valence-corrected chi connectivity index (χ0v) is 67.4. The predicted octanol–water partition coefficient (Wildman–Crippen LogP) is 26.6. The van der Waals surface area contributed by atoms with Crippen LogP contribution in [0.3, 0.4) is 0 Å². The summed E-state index contributed by atoms with van der Waals surface area (Å²) in [5, 5.41) is 11.9. The van der Waals surface area contributed by atoms with Gasteiger partial charge in [-0.15, -0.1) is 0 Å². The van der Waals surface area contributed by atoms with Crippen LogP contribution in [0.5, 0.6) is 0 Å². The molecule has 0 amide bonds. The van der Waals surface area contributed by atoms with Crippen molar-refractivity contribution < 1.29 is 42.9 Å². The van der Waals surface area contributed by atoms with E-state index in [1.807, 2.05) is 21.1 Å². The van der Waals surface area contributed by atoms with Gasteiger partial charge in [0.2, 0.25) is 0 Å². The van der Waals surface area contributed by atoms with E-state index < -0.39 is 24.3 Å².